The number of benzene rings is 1. The van der Waals surface area contributed by atoms with Gasteiger partial charge in [-0.25, -0.2) is 0 Å². The number of likely N-dealkylation sites (N-methyl/N-ethyl adjacent to an activating group) is 1. The molecule has 1 aromatic rings. The molecule has 2 aliphatic carbocycles. The molecule has 1 saturated heterocycles. The van der Waals surface area contributed by atoms with E-state index in [4.69, 9.17) is 9.47 Å². The average Bonchev–Trinajstić information content (AvgIpc) is 2.89. The highest BCUT2D eigenvalue weighted by atomic mass is 79.9. The summed E-state index contributed by atoms with van der Waals surface area (Å²) in [6, 6.07) is 4.67. The third kappa shape index (κ3) is 1.53. The van der Waals surface area contributed by atoms with Crippen LogP contribution in [0.2, 0.25) is 0 Å². The quantitative estimate of drug-likeness (QED) is 0.704. The first kappa shape index (κ1) is 14.3. The van der Waals surface area contributed by atoms with Crippen LogP contribution in [0, 0.1) is 5.92 Å². The molecule has 23 heavy (non-hydrogen) atoms. The molecule has 2 aliphatic heterocycles. The number of rotatable bonds is 1. The van der Waals surface area contributed by atoms with Crippen LogP contribution in [0.25, 0.3) is 0 Å². The van der Waals surface area contributed by atoms with E-state index in [0.29, 0.717) is 12.0 Å². The van der Waals surface area contributed by atoms with Gasteiger partial charge in [-0.2, -0.15) is 0 Å². The van der Waals surface area contributed by atoms with Gasteiger partial charge < -0.3 is 14.4 Å². The molecular weight excluding hydrogens is 358 g/mol. The smallest absolute Gasteiger partial charge is 0.187 e. The van der Waals surface area contributed by atoms with E-state index in [0.717, 1.165) is 37.3 Å². The van der Waals surface area contributed by atoms with Gasteiger partial charge in [-0.1, -0.05) is 22.0 Å². The van der Waals surface area contributed by atoms with Crippen molar-refractivity contribution in [1.29, 1.82) is 0 Å². The summed E-state index contributed by atoms with van der Waals surface area (Å²) in [6.07, 6.45) is 2.59. The first-order valence-corrected chi connectivity index (χ1v) is 9.24. The van der Waals surface area contributed by atoms with Crippen LogP contribution in [0.3, 0.4) is 0 Å². The maximum atomic E-state index is 12.9. The Morgan fingerprint density at radius 1 is 1.43 bits per heavy atom. The third-order valence-corrected chi connectivity index (χ3v) is 7.45. The fraction of sp³-hybridized carbons (Fsp3) is 0.611. The number of likely N-dealkylation sites (tertiary alicyclic amines) is 1. The highest BCUT2D eigenvalue weighted by molar-refractivity contribution is 9.10. The highest BCUT2D eigenvalue weighted by Crippen LogP contribution is 2.63. The van der Waals surface area contributed by atoms with Crippen molar-refractivity contribution in [2.45, 2.75) is 41.7 Å². The maximum Gasteiger partial charge on any atom is 0.187 e. The average molecular weight is 378 g/mol. The molecule has 122 valence electrons. The van der Waals surface area contributed by atoms with Gasteiger partial charge in [-0.3, -0.25) is 4.79 Å². The standard InChI is InChI=1S/C18H20BrNO3/c1-20-6-5-18-10-8-11(19)15(21)17(18)23-16-13(22-2)4-3-9(14(16)18)7-12(10)20/h3-4,10-12,17H,5-8H2,1-2H3/t10-,11?,12+,17-,18-/m0/s1. The number of methoxy groups -OCH3 is 1. The number of Topliss-reactive ketones (excluding diaryl/α,β-unsaturated/α-hetero) is 1. The molecule has 5 atom stereocenters. The zero-order valence-electron chi connectivity index (χ0n) is 13.3. The first-order chi connectivity index (χ1) is 11.1. The Morgan fingerprint density at radius 3 is 3.04 bits per heavy atom. The Hall–Kier alpha value is -1.07. The molecule has 1 unspecified atom stereocenters. The summed E-state index contributed by atoms with van der Waals surface area (Å²) in [5, 5.41) is 0. The van der Waals surface area contributed by atoms with Crippen molar-refractivity contribution in [3.8, 4) is 11.5 Å². The van der Waals surface area contributed by atoms with Gasteiger partial charge in [0, 0.05) is 17.0 Å². The van der Waals surface area contributed by atoms with Crippen molar-refractivity contribution in [2.24, 2.45) is 5.92 Å². The lowest BCUT2D eigenvalue weighted by atomic mass is 9.51. The fourth-order valence-corrected chi connectivity index (χ4v) is 6.26. The highest BCUT2D eigenvalue weighted by Gasteiger charge is 2.67. The molecule has 1 aromatic carbocycles. The number of carbonyl (C=O) groups excluding carboxylic acids is 1. The van der Waals surface area contributed by atoms with E-state index in [-0.39, 0.29) is 22.1 Å². The Morgan fingerprint density at radius 2 is 2.26 bits per heavy atom. The molecule has 2 heterocycles. The molecule has 5 rings (SSSR count). The van der Waals surface area contributed by atoms with Gasteiger partial charge in [-0.05, 0) is 50.4 Å². The summed E-state index contributed by atoms with van der Waals surface area (Å²) < 4.78 is 11.8. The molecule has 0 N–H and O–H groups in total. The van der Waals surface area contributed by atoms with E-state index in [9.17, 15) is 4.79 Å². The van der Waals surface area contributed by atoms with Crippen LogP contribution in [0.4, 0.5) is 0 Å². The van der Waals surface area contributed by atoms with Crippen LogP contribution in [-0.2, 0) is 16.6 Å². The maximum absolute atomic E-state index is 12.9. The van der Waals surface area contributed by atoms with Gasteiger partial charge in [0.15, 0.2) is 23.4 Å². The third-order valence-electron chi connectivity index (χ3n) is 6.62. The van der Waals surface area contributed by atoms with E-state index in [1.165, 1.54) is 11.1 Å². The topological polar surface area (TPSA) is 38.8 Å². The van der Waals surface area contributed by atoms with Crippen molar-refractivity contribution in [1.82, 2.24) is 4.90 Å². The van der Waals surface area contributed by atoms with Crippen LogP contribution in [-0.4, -0.2) is 48.4 Å². The van der Waals surface area contributed by atoms with Crippen LogP contribution >= 0.6 is 15.9 Å². The predicted octanol–water partition coefficient (Wildman–Crippen LogP) is 2.31. The molecule has 2 bridgehead atoms. The molecule has 5 heteroatoms. The van der Waals surface area contributed by atoms with Gasteiger partial charge >= 0.3 is 0 Å². The summed E-state index contributed by atoms with van der Waals surface area (Å²) in [4.78, 5) is 15.3. The van der Waals surface area contributed by atoms with E-state index in [1.807, 2.05) is 6.07 Å². The molecule has 1 saturated carbocycles. The number of piperidine rings is 1. The lowest BCUT2D eigenvalue weighted by molar-refractivity contribution is -0.137. The minimum atomic E-state index is -0.354. The normalized spacial score (nSPS) is 40.6. The number of nitrogens with zero attached hydrogens (tertiary/aromatic N) is 1. The van der Waals surface area contributed by atoms with Crippen LogP contribution in [0.5, 0.6) is 11.5 Å². The Kier molecular flexibility index (Phi) is 2.80. The number of alkyl halides is 1. The molecular formula is C18H20BrNO3. The molecule has 0 aromatic heterocycles. The zero-order chi connectivity index (χ0) is 15.9. The Bertz CT molecular complexity index is 720. The van der Waals surface area contributed by atoms with E-state index < -0.39 is 0 Å². The minimum Gasteiger partial charge on any atom is -0.493 e. The summed E-state index contributed by atoms with van der Waals surface area (Å²) in [7, 11) is 3.89. The van der Waals surface area contributed by atoms with Gasteiger partial charge in [0.2, 0.25) is 0 Å². The van der Waals surface area contributed by atoms with E-state index in [1.54, 1.807) is 7.11 Å². The predicted molar refractivity (Wildman–Crippen MR) is 89.7 cm³/mol. The van der Waals surface area contributed by atoms with Crippen molar-refractivity contribution < 1.29 is 14.3 Å². The van der Waals surface area contributed by atoms with E-state index in [2.05, 4.69) is 33.9 Å². The molecule has 0 radical (unpaired) electrons. The number of halogens is 1. The summed E-state index contributed by atoms with van der Waals surface area (Å²) in [6.45, 7) is 1.03. The molecule has 4 aliphatic rings. The van der Waals surface area contributed by atoms with Gasteiger partial charge in [0.25, 0.3) is 0 Å². The molecule has 1 spiro atoms. The van der Waals surface area contributed by atoms with Gasteiger partial charge in [0.1, 0.15) is 0 Å². The van der Waals surface area contributed by atoms with Gasteiger partial charge in [0.05, 0.1) is 11.9 Å². The molecule has 0 amide bonds. The monoisotopic (exact) mass is 377 g/mol. The van der Waals surface area contributed by atoms with Crippen LogP contribution in [0.1, 0.15) is 24.0 Å². The van der Waals surface area contributed by atoms with Crippen molar-refractivity contribution in [3.05, 3.63) is 23.3 Å². The number of ether oxygens (including phenoxy) is 2. The number of hydrogen-bond donors (Lipinski definition) is 0. The van der Waals surface area contributed by atoms with Crippen molar-refractivity contribution >= 4 is 21.7 Å². The van der Waals surface area contributed by atoms with Crippen LogP contribution < -0.4 is 9.47 Å². The second-order valence-electron chi connectivity index (χ2n) is 7.38. The number of hydrogen-bond acceptors (Lipinski definition) is 4. The summed E-state index contributed by atoms with van der Waals surface area (Å²) >= 11 is 3.62. The lowest BCUT2D eigenvalue weighted by Crippen LogP contribution is -2.67. The minimum absolute atomic E-state index is 0.0958. The number of carbonyl (C=O) groups is 1. The fourth-order valence-electron chi connectivity index (χ4n) is 5.62. The summed E-state index contributed by atoms with van der Waals surface area (Å²) in [5.41, 5.74) is 2.48. The van der Waals surface area contributed by atoms with Gasteiger partial charge in [-0.15, -0.1) is 0 Å². The Labute approximate surface area is 144 Å². The zero-order valence-corrected chi connectivity index (χ0v) is 14.9. The largest absolute Gasteiger partial charge is 0.493 e. The second kappa shape index (κ2) is 4.51. The molecule has 2 fully saturated rings. The SMILES string of the molecule is COc1ccc2c3c1O[C@H]1C(=O)C(Br)C[C@H]4[C@@H](C2)N(C)CC[C@]314. The lowest BCUT2D eigenvalue weighted by Gasteiger charge is -2.57. The van der Waals surface area contributed by atoms with E-state index >= 15 is 0 Å². The van der Waals surface area contributed by atoms with Crippen molar-refractivity contribution in [3.63, 3.8) is 0 Å². The first-order valence-electron chi connectivity index (χ1n) is 8.33. The summed E-state index contributed by atoms with van der Waals surface area (Å²) in [5.74, 6) is 2.27. The second-order valence-corrected chi connectivity index (χ2v) is 8.49. The number of ketones is 1. The molecule has 4 nitrogen and oxygen atoms in total. The van der Waals surface area contributed by atoms with Crippen LogP contribution in [0.15, 0.2) is 12.1 Å². The Balaban J connectivity index is 1.81. The van der Waals surface area contributed by atoms with Crippen molar-refractivity contribution in [2.75, 3.05) is 20.7 Å².